The molecule has 5 nitrogen and oxygen atoms in total. The summed E-state index contributed by atoms with van der Waals surface area (Å²) in [6, 6.07) is 5.14. The molecule has 0 radical (unpaired) electrons. The number of hydrogen-bond donors (Lipinski definition) is 2. The minimum absolute atomic E-state index is 0.0268. The average molecular weight is 262 g/mol. The summed E-state index contributed by atoms with van der Waals surface area (Å²) in [5, 5.41) is 12.0. The van der Waals surface area contributed by atoms with Crippen molar-refractivity contribution in [2.24, 2.45) is 11.8 Å². The molecule has 1 fully saturated rings. The van der Waals surface area contributed by atoms with Crippen LogP contribution in [0.25, 0.3) is 0 Å². The van der Waals surface area contributed by atoms with E-state index >= 15 is 0 Å². The van der Waals surface area contributed by atoms with Gasteiger partial charge >= 0.3 is 5.97 Å². The van der Waals surface area contributed by atoms with E-state index in [1.54, 1.807) is 24.4 Å². The molecule has 1 aromatic rings. The van der Waals surface area contributed by atoms with E-state index in [2.05, 4.69) is 10.3 Å². The number of carboxylic acids is 1. The van der Waals surface area contributed by atoms with Gasteiger partial charge in [0.1, 0.15) is 5.69 Å². The van der Waals surface area contributed by atoms with E-state index in [1.165, 1.54) is 0 Å². The van der Waals surface area contributed by atoms with Crippen molar-refractivity contribution in [2.75, 3.05) is 6.54 Å². The van der Waals surface area contributed by atoms with Gasteiger partial charge in [0.2, 0.25) is 0 Å². The van der Waals surface area contributed by atoms with Crippen molar-refractivity contribution in [2.45, 2.75) is 25.7 Å². The van der Waals surface area contributed by atoms with Gasteiger partial charge in [-0.3, -0.25) is 14.6 Å². The summed E-state index contributed by atoms with van der Waals surface area (Å²) in [5.74, 6) is -1.30. The minimum Gasteiger partial charge on any atom is -0.481 e. The fraction of sp³-hybridized carbons (Fsp3) is 0.500. The molecule has 1 amide bonds. The molecule has 19 heavy (non-hydrogen) atoms. The van der Waals surface area contributed by atoms with Gasteiger partial charge in [-0.15, -0.1) is 0 Å². The summed E-state index contributed by atoms with van der Waals surface area (Å²) in [6.45, 7) is 0.409. The Kier molecular flexibility index (Phi) is 4.49. The number of rotatable bonds is 4. The standard InChI is InChI=1S/C14H18N2O3/c17-13(12-7-3-4-8-15-12)16-9-10-5-1-2-6-11(10)14(18)19/h3-4,7-8,10-11H,1-2,5-6,9H2,(H,16,17)(H,18,19)/t10-,11-/m0/s1. The quantitative estimate of drug-likeness (QED) is 0.865. The molecule has 1 aromatic heterocycles. The summed E-state index contributed by atoms with van der Waals surface area (Å²) >= 11 is 0. The fourth-order valence-corrected chi connectivity index (χ4v) is 2.59. The Morgan fingerprint density at radius 3 is 2.79 bits per heavy atom. The molecule has 0 spiro atoms. The molecule has 2 N–H and O–H groups in total. The van der Waals surface area contributed by atoms with Crippen LogP contribution in [0.5, 0.6) is 0 Å². The molecule has 5 heteroatoms. The Bertz CT molecular complexity index is 447. The first-order chi connectivity index (χ1) is 9.18. The molecule has 0 bridgehead atoms. The highest BCUT2D eigenvalue weighted by Crippen LogP contribution is 2.29. The molecule has 0 aliphatic heterocycles. The maximum Gasteiger partial charge on any atom is 0.306 e. The van der Waals surface area contributed by atoms with Crippen molar-refractivity contribution >= 4 is 11.9 Å². The third-order valence-electron chi connectivity index (χ3n) is 3.65. The van der Waals surface area contributed by atoms with Crippen LogP contribution in [-0.2, 0) is 4.79 Å². The molecule has 0 unspecified atom stereocenters. The van der Waals surface area contributed by atoms with Gasteiger partial charge in [0.15, 0.2) is 0 Å². The van der Waals surface area contributed by atoms with Gasteiger partial charge in [0.05, 0.1) is 5.92 Å². The first kappa shape index (κ1) is 13.5. The van der Waals surface area contributed by atoms with Crippen LogP contribution in [0.15, 0.2) is 24.4 Å². The normalized spacial score (nSPS) is 22.7. The van der Waals surface area contributed by atoms with Crippen LogP contribution < -0.4 is 5.32 Å². The number of nitrogens with zero attached hydrogens (tertiary/aromatic N) is 1. The molecule has 2 rings (SSSR count). The van der Waals surface area contributed by atoms with E-state index in [-0.39, 0.29) is 17.7 Å². The van der Waals surface area contributed by atoms with Crippen LogP contribution in [0.1, 0.15) is 36.2 Å². The lowest BCUT2D eigenvalue weighted by Crippen LogP contribution is -2.37. The molecule has 0 aromatic carbocycles. The van der Waals surface area contributed by atoms with Crippen molar-refractivity contribution in [3.8, 4) is 0 Å². The lowest BCUT2D eigenvalue weighted by molar-refractivity contribution is -0.144. The van der Waals surface area contributed by atoms with E-state index in [4.69, 9.17) is 5.11 Å². The molecule has 1 aliphatic rings. The van der Waals surface area contributed by atoms with Crippen LogP contribution in [0, 0.1) is 11.8 Å². The van der Waals surface area contributed by atoms with Gasteiger partial charge in [-0.2, -0.15) is 0 Å². The molecule has 2 atom stereocenters. The highest BCUT2D eigenvalue weighted by molar-refractivity contribution is 5.92. The second-order valence-electron chi connectivity index (χ2n) is 4.91. The Labute approximate surface area is 112 Å². The number of hydrogen-bond acceptors (Lipinski definition) is 3. The zero-order valence-corrected chi connectivity index (χ0v) is 10.7. The molecular weight excluding hydrogens is 244 g/mol. The fourth-order valence-electron chi connectivity index (χ4n) is 2.59. The average Bonchev–Trinajstić information content (AvgIpc) is 2.46. The number of aliphatic carboxylic acids is 1. The van der Waals surface area contributed by atoms with Gasteiger partial charge in [-0.25, -0.2) is 0 Å². The van der Waals surface area contributed by atoms with Gasteiger partial charge in [0.25, 0.3) is 5.91 Å². The number of amides is 1. The van der Waals surface area contributed by atoms with Gasteiger partial charge < -0.3 is 10.4 Å². The number of carbonyl (C=O) groups excluding carboxylic acids is 1. The zero-order chi connectivity index (χ0) is 13.7. The summed E-state index contributed by atoms with van der Waals surface area (Å²) in [4.78, 5) is 27.0. The third kappa shape index (κ3) is 3.53. The predicted octanol–water partition coefficient (Wildman–Crippen LogP) is 1.70. The Morgan fingerprint density at radius 1 is 1.32 bits per heavy atom. The highest BCUT2D eigenvalue weighted by atomic mass is 16.4. The first-order valence-electron chi connectivity index (χ1n) is 6.60. The predicted molar refractivity (Wildman–Crippen MR) is 69.7 cm³/mol. The van der Waals surface area contributed by atoms with Crippen molar-refractivity contribution in [1.29, 1.82) is 0 Å². The maximum atomic E-state index is 11.8. The maximum absolute atomic E-state index is 11.8. The smallest absolute Gasteiger partial charge is 0.306 e. The van der Waals surface area contributed by atoms with E-state index in [0.29, 0.717) is 18.7 Å². The van der Waals surface area contributed by atoms with Crippen LogP contribution in [0.4, 0.5) is 0 Å². The van der Waals surface area contributed by atoms with Crippen molar-refractivity contribution < 1.29 is 14.7 Å². The second kappa shape index (κ2) is 6.31. The van der Waals surface area contributed by atoms with Crippen LogP contribution in [0.2, 0.25) is 0 Å². The SMILES string of the molecule is O=C(NC[C@@H]1CCCC[C@@H]1C(=O)O)c1ccccn1. The largest absolute Gasteiger partial charge is 0.481 e. The Hall–Kier alpha value is -1.91. The van der Waals surface area contributed by atoms with Crippen LogP contribution in [0.3, 0.4) is 0 Å². The summed E-state index contributed by atoms with van der Waals surface area (Å²) < 4.78 is 0. The van der Waals surface area contributed by atoms with Gasteiger partial charge in [-0.05, 0) is 30.9 Å². The van der Waals surface area contributed by atoms with Crippen LogP contribution >= 0.6 is 0 Å². The Balaban J connectivity index is 1.90. The molecule has 1 heterocycles. The van der Waals surface area contributed by atoms with Gasteiger partial charge in [0, 0.05) is 12.7 Å². The second-order valence-corrected chi connectivity index (χ2v) is 4.91. The number of nitrogens with one attached hydrogen (secondary N) is 1. The van der Waals surface area contributed by atoms with E-state index in [1.807, 2.05) is 0 Å². The van der Waals surface area contributed by atoms with Gasteiger partial charge in [-0.1, -0.05) is 18.9 Å². The summed E-state index contributed by atoms with van der Waals surface area (Å²) in [7, 11) is 0. The third-order valence-corrected chi connectivity index (χ3v) is 3.65. The molecule has 0 saturated heterocycles. The zero-order valence-electron chi connectivity index (χ0n) is 10.7. The number of pyridine rings is 1. The lowest BCUT2D eigenvalue weighted by atomic mass is 9.79. The Morgan fingerprint density at radius 2 is 2.11 bits per heavy atom. The van der Waals surface area contributed by atoms with E-state index < -0.39 is 5.97 Å². The monoisotopic (exact) mass is 262 g/mol. The molecule has 1 saturated carbocycles. The number of aromatic nitrogens is 1. The highest BCUT2D eigenvalue weighted by Gasteiger charge is 2.30. The van der Waals surface area contributed by atoms with Crippen molar-refractivity contribution in [3.63, 3.8) is 0 Å². The topological polar surface area (TPSA) is 79.3 Å². The summed E-state index contributed by atoms with van der Waals surface area (Å²) in [5.41, 5.74) is 0.366. The molecule has 102 valence electrons. The summed E-state index contributed by atoms with van der Waals surface area (Å²) in [6.07, 6.45) is 5.13. The minimum atomic E-state index is -0.753. The lowest BCUT2D eigenvalue weighted by Gasteiger charge is -2.28. The van der Waals surface area contributed by atoms with E-state index in [9.17, 15) is 9.59 Å². The molecule has 1 aliphatic carbocycles. The van der Waals surface area contributed by atoms with Crippen molar-refractivity contribution in [3.05, 3.63) is 30.1 Å². The van der Waals surface area contributed by atoms with E-state index in [0.717, 1.165) is 19.3 Å². The first-order valence-corrected chi connectivity index (χ1v) is 6.60. The van der Waals surface area contributed by atoms with Crippen molar-refractivity contribution in [1.82, 2.24) is 10.3 Å². The number of carboxylic acid groups (broad SMARTS) is 1. The number of carbonyl (C=O) groups is 2. The van der Waals surface area contributed by atoms with Crippen LogP contribution in [-0.4, -0.2) is 28.5 Å². The molecular formula is C14H18N2O3.